The first-order valence-electron chi connectivity index (χ1n) is 8.78. The van der Waals surface area contributed by atoms with Gasteiger partial charge in [-0.3, -0.25) is 4.90 Å². The van der Waals surface area contributed by atoms with Crippen molar-refractivity contribution in [3.63, 3.8) is 0 Å². The minimum absolute atomic E-state index is 0.234. The molecule has 0 bridgehead atoms. The number of anilines is 2. The predicted octanol–water partition coefficient (Wildman–Crippen LogP) is 1.92. The lowest BCUT2D eigenvalue weighted by Gasteiger charge is -2.40. The summed E-state index contributed by atoms with van der Waals surface area (Å²) in [5.41, 5.74) is 8.56. The first kappa shape index (κ1) is 16.6. The Kier molecular flexibility index (Phi) is 4.74. The quantitative estimate of drug-likeness (QED) is 0.870. The molecule has 6 nitrogen and oxygen atoms in total. The van der Waals surface area contributed by atoms with Crippen LogP contribution in [0.2, 0.25) is 5.02 Å². The third kappa shape index (κ3) is 3.29. The fraction of sp³-hybridized carbons (Fsp3) is 0.444. The molecule has 25 heavy (non-hydrogen) atoms. The van der Waals surface area contributed by atoms with Crippen molar-refractivity contribution >= 4 is 23.2 Å². The Morgan fingerprint density at radius 2 is 1.88 bits per heavy atom. The third-order valence-electron chi connectivity index (χ3n) is 5.12. The molecule has 3 N–H and O–H groups in total. The molecule has 1 unspecified atom stereocenters. The van der Waals surface area contributed by atoms with Crippen molar-refractivity contribution in [1.82, 2.24) is 14.9 Å². The van der Waals surface area contributed by atoms with E-state index >= 15 is 0 Å². The molecule has 2 aliphatic heterocycles. The van der Waals surface area contributed by atoms with E-state index in [4.69, 9.17) is 17.3 Å². The van der Waals surface area contributed by atoms with E-state index in [2.05, 4.69) is 37.2 Å². The molecule has 2 aliphatic rings. The number of nitrogens with zero attached hydrogens (tertiary/aromatic N) is 4. The van der Waals surface area contributed by atoms with Gasteiger partial charge in [0.15, 0.2) is 0 Å². The summed E-state index contributed by atoms with van der Waals surface area (Å²) in [7, 11) is 0. The fourth-order valence-electron chi connectivity index (χ4n) is 3.79. The first-order valence-corrected chi connectivity index (χ1v) is 9.16. The van der Waals surface area contributed by atoms with E-state index in [1.54, 1.807) is 6.33 Å². The van der Waals surface area contributed by atoms with Crippen molar-refractivity contribution in [3.8, 4) is 0 Å². The van der Waals surface area contributed by atoms with Crippen LogP contribution in [0.15, 0.2) is 30.6 Å². The van der Waals surface area contributed by atoms with Gasteiger partial charge in [-0.05, 0) is 24.1 Å². The lowest BCUT2D eigenvalue weighted by atomic mass is 10.0. The predicted molar refractivity (Wildman–Crippen MR) is 101 cm³/mol. The average Bonchev–Trinajstić information content (AvgIpc) is 3.13. The summed E-state index contributed by atoms with van der Waals surface area (Å²) in [5.74, 6) is 2.08. The number of nitrogens with two attached hydrogens (primary N) is 1. The Bertz CT molecular complexity index is 727. The number of rotatable bonds is 4. The van der Waals surface area contributed by atoms with Gasteiger partial charge in [0.2, 0.25) is 0 Å². The molecule has 0 saturated carbocycles. The number of nitrogens with one attached hydrogen (secondary N) is 1. The zero-order valence-corrected chi connectivity index (χ0v) is 14.9. The Labute approximate surface area is 153 Å². The molecule has 1 atom stereocenters. The summed E-state index contributed by atoms with van der Waals surface area (Å²) in [6, 6.07) is 8.27. The standard InChI is InChI=1S/C18H23ClN6/c19-14-3-1-13(2-4-14)16(11-20)24-7-9-25(10-8-24)18-15-5-6-21-17(15)22-12-23-18/h1-4,12,16H,5-11,20H2,(H,21,22,23). The van der Waals surface area contributed by atoms with Crippen LogP contribution in [0.5, 0.6) is 0 Å². The molecule has 7 heteroatoms. The van der Waals surface area contributed by atoms with Gasteiger partial charge in [0.1, 0.15) is 18.0 Å². The number of hydrogen-bond acceptors (Lipinski definition) is 6. The summed E-state index contributed by atoms with van der Waals surface area (Å²) in [6.45, 7) is 5.40. The van der Waals surface area contributed by atoms with Crippen LogP contribution >= 0.6 is 11.6 Å². The third-order valence-corrected chi connectivity index (χ3v) is 5.37. The molecule has 0 amide bonds. The van der Waals surface area contributed by atoms with Crippen molar-refractivity contribution in [3.05, 3.63) is 46.7 Å². The number of piperazine rings is 1. The monoisotopic (exact) mass is 358 g/mol. The smallest absolute Gasteiger partial charge is 0.137 e. The van der Waals surface area contributed by atoms with Gasteiger partial charge in [-0.15, -0.1) is 0 Å². The van der Waals surface area contributed by atoms with E-state index in [1.165, 1.54) is 11.1 Å². The highest BCUT2D eigenvalue weighted by Gasteiger charge is 2.27. The molecule has 2 aromatic rings. The zero-order chi connectivity index (χ0) is 17.2. The first-order chi connectivity index (χ1) is 12.3. The van der Waals surface area contributed by atoms with Gasteiger partial charge in [-0.25, -0.2) is 9.97 Å². The van der Waals surface area contributed by atoms with Crippen molar-refractivity contribution < 1.29 is 0 Å². The molecule has 4 rings (SSSR count). The van der Waals surface area contributed by atoms with Gasteiger partial charge >= 0.3 is 0 Å². The SMILES string of the molecule is NCC(c1ccc(Cl)cc1)N1CCN(c2ncnc3c2CCN3)CC1. The molecule has 1 saturated heterocycles. The maximum absolute atomic E-state index is 6.08. The van der Waals surface area contributed by atoms with Crippen LogP contribution in [0, 0.1) is 0 Å². The second-order valence-corrected chi connectivity index (χ2v) is 6.96. The van der Waals surface area contributed by atoms with Crippen LogP contribution in [0.1, 0.15) is 17.2 Å². The highest BCUT2D eigenvalue weighted by atomic mass is 35.5. The number of fused-ring (bicyclic) bond motifs is 1. The summed E-state index contributed by atoms with van der Waals surface area (Å²) < 4.78 is 0. The normalized spacial score (nSPS) is 18.7. The Balaban J connectivity index is 1.46. The maximum atomic E-state index is 6.08. The van der Waals surface area contributed by atoms with E-state index < -0.39 is 0 Å². The highest BCUT2D eigenvalue weighted by Crippen LogP contribution is 2.30. The second kappa shape index (κ2) is 7.15. The minimum atomic E-state index is 0.234. The van der Waals surface area contributed by atoms with Crippen LogP contribution in [-0.2, 0) is 6.42 Å². The Morgan fingerprint density at radius 3 is 2.60 bits per heavy atom. The van der Waals surface area contributed by atoms with Gasteiger partial charge < -0.3 is 16.0 Å². The van der Waals surface area contributed by atoms with E-state index in [9.17, 15) is 0 Å². The summed E-state index contributed by atoms with van der Waals surface area (Å²) in [5, 5.41) is 4.09. The molecule has 1 fully saturated rings. The fourth-order valence-corrected chi connectivity index (χ4v) is 3.92. The van der Waals surface area contributed by atoms with Gasteiger partial charge in [-0.2, -0.15) is 0 Å². The van der Waals surface area contributed by atoms with E-state index in [0.29, 0.717) is 6.54 Å². The molecule has 3 heterocycles. The largest absolute Gasteiger partial charge is 0.369 e. The summed E-state index contributed by atoms with van der Waals surface area (Å²) in [6.07, 6.45) is 2.66. The van der Waals surface area contributed by atoms with Crippen LogP contribution in [0.3, 0.4) is 0 Å². The topological polar surface area (TPSA) is 70.3 Å². The molecule has 0 radical (unpaired) electrons. The minimum Gasteiger partial charge on any atom is -0.369 e. The van der Waals surface area contributed by atoms with E-state index in [0.717, 1.165) is 55.8 Å². The van der Waals surface area contributed by atoms with Crippen molar-refractivity contribution in [2.24, 2.45) is 5.73 Å². The van der Waals surface area contributed by atoms with Crippen LogP contribution < -0.4 is 16.0 Å². The summed E-state index contributed by atoms with van der Waals surface area (Å²) in [4.78, 5) is 13.7. The summed E-state index contributed by atoms with van der Waals surface area (Å²) >= 11 is 6.01. The van der Waals surface area contributed by atoms with E-state index in [1.807, 2.05) is 12.1 Å². The number of aromatic nitrogens is 2. The number of hydrogen-bond donors (Lipinski definition) is 2. The van der Waals surface area contributed by atoms with Crippen molar-refractivity contribution in [2.45, 2.75) is 12.5 Å². The molecule has 132 valence electrons. The van der Waals surface area contributed by atoms with Crippen LogP contribution in [0.25, 0.3) is 0 Å². The van der Waals surface area contributed by atoms with Gasteiger partial charge in [0.05, 0.1) is 0 Å². The Hall–Kier alpha value is -1.89. The highest BCUT2D eigenvalue weighted by molar-refractivity contribution is 6.30. The van der Waals surface area contributed by atoms with Crippen LogP contribution in [-0.4, -0.2) is 54.1 Å². The molecule has 0 spiro atoms. The number of benzene rings is 1. The molecular weight excluding hydrogens is 336 g/mol. The van der Waals surface area contributed by atoms with Gasteiger partial charge in [0, 0.05) is 55.9 Å². The van der Waals surface area contributed by atoms with Gasteiger partial charge in [0.25, 0.3) is 0 Å². The zero-order valence-electron chi connectivity index (χ0n) is 14.2. The maximum Gasteiger partial charge on any atom is 0.137 e. The molecule has 1 aromatic heterocycles. The molecular formula is C18H23ClN6. The average molecular weight is 359 g/mol. The van der Waals surface area contributed by atoms with Crippen LogP contribution in [0.4, 0.5) is 11.6 Å². The molecule has 1 aromatic carbocycles. The lowest BCUT2D eigenvalue weighted by Crippen LogP contribution is -2.49. The number of halogens is 1. The lowest BCUT2D eigenvalue weighted by molar-refractivity contribution is 0.190. The van der Waals surface area contributed by atoms with E-state index in [-0.39, 0.29) is 6.04 Å². The van der Waals surface area contributed by atoms with Crippen molar-refractivity contribution in [2.75, 3.05) is 49.5 Å². The second-order valence-electron chi connectivity index (χ2n) is 6.53. The Morgan fingerprint density at radius 1 is 1.12 bits per heavy atom. The van der Waals surface area contributed by atoms with Crippen molar-refractivity contribution in [1.29, 1.82) is 0 Å². The van der Waals surface area contributed by atoms with Gasteiger partial charge in [-0.1, -0.05) is 23.7 Å². The molecule has 0 aliphatic carbocycles.